The Morgan fingerprint density at radius 3 is 2.74 bits per heavy atom. The number of thiazole rings is 1. The molecule has 8 heteroatoms. The van der Waals surface area contributed by atoms with Gasteiger partial charge in [0.05, 0.1) is 22.6 Å². The van der Waals surface area contributed by atoms with Gasteiger partial charge in [-0.15, -0.1) is 0 Å². The first-order chi connectivity index (χ1) is 15.0. The molecule has 0 aliphatic carbocycles. The van der Waals surface area contributed by atoms with Crippen molar-refractivity contribution in [2.24, 2.45) is 0 Å². The molecule has 2 aromatic carbocycles. The van der Waals surface area contributed by atoms with Crippen LogP contribution in [0.2, 0.25) is 0 Å². The van der Waals surface area contributed by atoms with Crippen molar-refractivity contribution in [3.8, 4) is 10.9 Å². The topological polar surface area (TPSA) is 80.5 Å². The minimum atomic E-state index is -1.03. The van der Waals surface area contributed by atoms with E-state index in [1.165, 1.54) is 17.4 Å². The smallest absolute Gasteiger partial charge is 0.339 e. The van der Waals surface area contributed by atoms with Gasteiger partial charge in [-0.3, -0.25) is 0 Å². The number of imidazole rings is 1. The lowest BCUT2D eigenvalue weighted by molar-refractivity contribution is 0.0694. The van der Waals surface area contributed by atoms with Crippen molar-refractivity contribution in [1.29, 1.82) is 0 Å². The van der Waals surface area contributed by atoms with Crippen LogP contribution < -0.4 is 4.74 Å². The number of hydrogen-bond acceptors (Lipinski definition) is 6. The Bertz CT molecular complexity index is 1190. The minimum absolute atomic E-state index is 0.103. The first-order valence-electron chi connectivity index (χ1n) is 10.0. The van der Waals surface area contributed by atoms with Gasteiger partial charge in [-0.25, -0.2) is 14.8 Å². The molecule has 0 radical (unpaired) electrons. The lowest BCUT2D eigenvalue weighted by atomic mass is 9.96. The molecule has 0 saturated heterocycles. The van der Waals surface area contributed by atoms with Crippen LogP contribution in [0.5, 0.6) is 10.9 Å². The second kappa shape index (κ2) is 8.87. The van der Waals surface area contributed by atoms with E-state index < -0.39 is 5.97 Å². The SMILES string of the molecule is CCC(C(c1ccc2nc(Oc3ccccc3C(=O)O)sc2c1)n1ccnc1)N(C)C. The summed E-state index contributed by atoms with van der Waals surface area (Å²) in [6, 6.07) is 13.2. The predicted molar refractivity (Wildman–Crippen MR) is 121 cm³/mol. The molecular weight excluding hydrogens is 412 g/mol. The maximum absolute atomic E-state index is 11.5. The zero-order valence-corrected chi connectivity index (χ0v) is 18.4. The number of ether oxygens (including phenoxy) is 1. The van der Waals surface area contributed by atoms with Crippen LogP contribution >= 0.6 is 11.3 Å². The van der Waals surface area contributed by atoms with Crippen molar-refractivity contribution in [3.63, 3.8) is 0 Å². The standard InChI is InChI=1S/C23H24N4O3S/c1-4-18(26(2)3)21(27-12-11-24-14-27)15-9-10-17-20(13-15)31-23(25-17)30-19-8-6-5-7-16(19)22(28)29/h5-14,18,21H,4H2,1-3H3,(H,28,29). The number of nitrogens with zero attached hydrogens (tertiary/aromatic N) is 4. The number of carboxylic acids is 1. The zero-order valence-electron chi connectivity index (χ0n) is 17.6. The van der Waals surface area contributed by atoms with Gasteiger partial charge < -0.3 is 19.3 Å². The van der Waals surface area contributed by atoms with Crippen LogP contribution in [0.3, 0.4) is 0 Å². The molecule has 0 aliphatic rings. The Hall–Kier alpha value is -3.23. The number of para-hydroxylation sites is 1. The molecule has 1 N–H and O–H groups in total. The van der Waals surface area contributed by atoms with Crippen molar-refractivity contribution in [2.75, 3.05) is 14.1 Å². The van der Waals surface area contributed by atoms with E-state index >= 15 is 0 Å². The van der Waals surface area contributed by atoms with Crippen molar-refractivity contribution in [1.82, 2.24) is 19.4 Å². The highest BCUT2D eigenvalue weighted by molar-refractivity contribution is 7.20. The van der Waals surface area contributed by atoms with Crippen molar-refractivity contribution in [3.05, 3.63) is 72.3 Å². The fourth-order valence-corrected chi connectivity index (χ4v) is 4.75. The number of benzene rings is 2. The molecular formula is C23H24N4O3S. The van der Waals surface area contributed by atoms with E-state index in [-0.39, 0.29) is 23.4 Å². The summed E-state index contributed by atoms with van der Waals surface area (Å²) in [6.07, 6.45) is 6.62. The molecule has 160 valence electrons. The van der Waals surface area contributed by atoms with Crippen LogP contribution in [0.25, 0.3) is 10.2 Å². The summed E-state index contributed by atoms with van der Waals surface area (Å²) in [4.78, 5) is 22.5. The number of fused-ring (bicyclic) bond motifs is 1. The number of carboxylic acid groups (broad SMARTS) is 1. The molecule has 0 bridgehead atoms. The molecule has 2 unspecified atom stereocenters. The van der Waals surface area contributed by atoms with Gasteiger partial charge in [-0.05, 0) is 50.3 Å². The van der Waals surface area contributed by atoms with Gasteiger partial charge in [0.2, 0.25) is 0 Å². The molecule has 0 aliphatic heterocycles. The second-order valence-corrected chi connectivity index (χ2v) is 8.50. The van der Waals surface area contributed by atoms with Gasteiger partial charge >= 0.3 is 5.97 Å². The summed E-state index contributed by atoms with van der Waals surface area (Å²) in [7, 11) is 4.18. The summed E-state index contributed by atoms with van der Waals surface area (Å²) in [5.41, 5.74) is 2.09. The quantitative estimate of drug-likeness (QED) is 0.423. The lowest BCUT2D eigenvalue weighted by Gasteiger charge is -2.33. The van der Waals surface area contributed by atoms with E-state index in [4.69, 9.17) is 4.74 Å². The van der Waals surface area contributed by atoms with Gasteiger partial charge in [-0.1, -0.05) is 36.5 Å². The Morgan fingerprint density at radius 2 is 2.06 bits per heavy atom. The predicted octanol–water partition coefficient (Wildman–Crippen LogP) is 4.91. The Labute approximate surface area is 184 Å². The Kier molecular flexibility index (Phi) is 6.01. The monoisotopic (exact) mass is 436 g/mol. The van der Waals surface area contributed by atoms with Gasteiger partial charge in [0, 0.05) is 18.4 Å². The molecule has 2 heterocycles. The highest BCUT2D eigenvalue weighted by Crippen LogP contribution is 2.36. The Morgan fingerprint density at radius 1 is 1.26 bits per heavy atom. The van der Waals surface area contributed by atoms with E-state index in [0.29, 0.717) is 5.19 Å². The van der Waals surface area contributed by atoms with E-state index in [0.717, 1.165) is 22.2 Å². The number of likely N-dealkylation sites (N-methyl/N-ethyl adjacent to an activating group) is 1. The lowest BCUT2D eigenvalue weighted by Crippen LogP contribution is -2.36. The third-order valence-electron chi connectivity index (χ3n) is 5.34. The fraction of sp³-hybridized carbons (Fsp3) is 0.261. The number of rotatable bonds is 8. The highest BCUT2D eigenvalue weighted by Gasteiger charge is 2.26. The van der Waals surface area contributed by atoms with Crippen LogP contribution in [0, 0.1) is 0 Å². The molecule has 2 aromatic heterocycles. The number of aromatic nitrogens is 3. The normalized spacial score (nSPS) is 13.4. The molecule has 2 atom stereocenters. The molecule has 7 nitrogen and oxygen atoms in total. The number of aromatic carboxylic acids is 1. The minimum Gasteiger partial charge on any atom is -0.478 e. The van der Waals surface area contributed by atoms with Gasteiger partial charge in [0.1, 0.15) is 11.3 Å². The van der Waals surface area contributed by atoms with Crippen molar-refractivity contribution in [2.45, 2.75) is 25.4 Å². The summed E-state index contributed by atoms with van der Waals surface area (Å²) in [6.45, 7) is 2.19. The summed E-state index contributed by atoms with van der Waals surface area (Å²) < 4.78 is 8.96. The zero-order chi connectivity index (χ0) is 22.0. The molecule has 0 saturated carbocycles. The van der Waals surface area contributed by atoms with E-state index in [1.807, 2.05) is 18.6 Å². The van der Waals surface area contributed by atoms with Crippen LogP contribution in [0.1, 0.15) is 35.3 Å². The maximum Gasteiger partial charge on any atom is 0.339 e. The first-order valence-corrected chi connectivity index (χ1v) is 10.8. The summed E-state index contributed by atoms with van der Waals surface area (Å²) in [5, 5.41) is 9.80. The molecule has 0 amide bonds. The van der Waals surface area contributed by atoms with E-state index in [1.54, 1.807) is 24.4 Å². The van der Waals surface area contributed by atoms with Gasteiger partial charge in [0.25, 0.3) is 5.19 Å². The van der Waals surface area contributed by atoms with Gasteiger partial charge in [-0.2, -0.15) is 0 Å². The Balaban J connectivity index is 1.71. The van der Waals surface area contributed by atoms with Gasteiger partial charge in [0.15, 0.2) is 0 Å². The average Bonchev–Trinajstić information content (AvgIpc) is 3.40. The first kappa shape index (κ1) is 21.0. The highest BCUT2D eigenvalue weighted by atomic mass is 32.1. The number of hydrogen-bond donors (Lipinski definition) is 1. The summed E-state index contributed by atoms with van der Waals surface area (Å²) in [5.74, 6) is -0.749. The molecule has 4 aromatic rings. The van der Waals surface area contributed by atoms with Crippen LogP contribution in [-0.4, -0.2) is 50.6 Å². The largest absolute Gasteiger partial charge is 0.478 e. The second-order valence-electron chi connectivity index (χ2n) is 7.50. The van der Waals surface area contributed by atoms with Crippen LogP contribution in [-0.2, 0) is 0 Å². The molecule has 0 spiro atoms. The van der Waals surface area contributed by atoms with E-state index in [2.05, 4.69) is 52.6 Å². The maximum atomic E-state index is 11.5. The van der Waals surface area contributed by atoms with E-state index in [9.17, 15) is 9.90 Å². The fourth-order valence-electron chi connectivity index (χ4n) is 3.87. The third kappa shape index (κ3) is 4.30. The molecule has 0 fully saturated rings. The van der Waals surface area contributed by atoms with Crippen LogP contribution in [0.4, 0.5) is 0 Å². The summed E-state index contributed by atoms with van der Waals surface area (Å²) >= 11 is 1.40. The van der Waals surface area contributed by atoms with Crippen molar-refractivity contribution >= 4 is 27.5 Å². The van der Waals surface area contributed by atoms with Crippen LogP contribution in [0.15, 0.2) is 61.2 Å². The third-order valence-corrected chi connectivity index (χ3v) is 6.24. The van der Waals surface area contributed by atoms with Crippen molar-refractivity contribution < 1.29 is 14.6 Å². The number of carbonyl (C=O) groups is 1. The molecule has 4 rings (SSSR count). The molecule has 31 heavy (non-hydrogen) atoms. The average molecular weight is 437 g/mol.